The van der Waals surface area contributed by atoms with Crippen LogP contribution in [0.1, 0.15) is 41.6 Å². The number of pyridine rings is 1. The van der Waals surface area contributed by atoms with E-state index in [0.717, 1.165) is 12.0 Å². The Hall–Kier alpha value is -3.65. The maximum absolute atomic E-state index is 14.5. The highest BCUT2D eigenvalue weighted by Gasteiger charge is 2.18. The Morgan fingerprint density at radius 3 is 2.31 bits per heavy atom. The van der Waals surface area contributed by atoms with Crippen LogP contribution >= 0.6 is 12.4 Å². The number of hydrogen-bond acceptors (Lipinski definition) is 6. The highest BCUT2D eigenvalue weighted by Crippen LogP contribution is 2.26. The Kier molecular flexibility index (Phi) is 6.95. The Balaban J connectivity index is 0.00000289. The second-order valence-electron chi connectivity index (χ2n) is 7.31. The zero-order chi connectivity index (χ0) is 22.0. The largest absolute Gasteiger partial charge is 0.324 e. The van der Waals surface area contributed by atoms with Gasteiger partial charge in [-0.1, -0.05) is 0 Å². The van der Waals surface area contributed by atoms with Crippen LogP contribution < -0.4 is 5.32 Å². The molecule has 0 aliphatic rings. The van der Waals surface area contributed by atoms with Crippen LogP contribution in [0.4, 0.5) is 16.0 Å². The number of benzene rings is 1. The minimum Gasteiger partial charge on any atom is -0.324 e. The van der Waals surface area contributed by atoms with E-state index in [9.17, 15) is 9.18 Å². The van der Waals surface area contributed by atoms with Crippen LogP contribution in [0, 0.1) is 12.7 Å². The number of ketones is 1. The van der Waals surface area contributed by atoms with E-state index in [1.165, 1.54) is 0 Å². The molecule has 0 spiro atoms. The van der Waals surface area contributed by atoms with Crippen LogP contribution in [0.2, 0.25) is 0 Å². The number of hydrogen-bond donors (Lipinski definition) is 1. The van der Waals surface area contributed by atoms with Gasteiger partial charge in [-0.25, -0.2) is 19.3 Å². The first kappa shape index (κ1) is 23.0. The van der Waals surface area contributed by atoms with E-state index in [0.29, 0.717) is 22.5 Å². The van der Waals surface area contributed by atoms with Crippen LogP contribution in [0.5, 0.6) is 0 Å². The third-order valence-corrected chi connectivity index (χ3v) is 4.83. The van der Waals surface area contributed by atoms with Crippen molar-refractivity contribution in [3.8, 4) is 11.4 Å². The van der Waals surface area contributed by atoms with Crippen molar-refractivity contribution in [2.24, 2.45) is 0 Å². The van der Waals surface area contributed by atoms with Gasteiger partial charge in [0.1, 0.15) is 11.5 Å². The zero-order valence-corrected chi connectivity index (χ0v) is 18.6. The lowest BCUT2D eigenvalue weighted by atomic mass is 10.0. The smallest absolute Gasteiger partial charge is 0.227 e. The normalized spacial score (nSPS) is 10.7. The molecule has 0 saturated heterocycles. The summed E-state index contributed by atoms with van der Waals surface area (Å²) < 4.78 is 16.4. The number of nitrogens with one attached hydrogen (secondary N) is 1. The fourth-order valence-electron chi connectivity index (χ4n) is 3.39. The van der Waals surface area contributed by atoms with E-state index in [4.69, 9.17) is 0 Å². The third-order valence-electron chi connectivity index (χ3n) is 4.83. The van der Waals surface area contributed by atoms with Crippen molar-refractivity contribution >= 4 is 29.8 Å². The summed E-state index contributed by atoms with van der Waals surface area (Å²) in [6, 6.07) is 10.4. The fourth-order valence-corrected chi connectivity index (χ4v) is 3.39. The number of carbonyl (C=O) groups excluding carboxylic acids is 1. The molecule has 4 rings (SSSR count). The van der Waals surface area contributed by atoms with Gasteiger partial charge in [0.2, 0.25) is 5.95 Å². The lowest BCUT2D eigenvalue weighted by molar-refractivity contribution is 0.103. The van der Waals surface area contributed by atoms with Crippen molar-refractivity contribution in [3.05, 3.63) is 84.0 Å². The van der Waals surface area contributed by atoms with E-state index in [2.05, 4.69) is 25.3 Å². The summed E-state index contributed by atoms with van der Waals surface area (Å²) in [6.45, 7) is 5.88. The van der Waals surface area contributed by atoms with Crippen molar-refractivity contribution < 1.29 is 9.18 Å². The molecule has 0 bridgehead atoms. The van der Waals surface area contributed by atoms with Crippen LogP contribution in [-0.2, 0) is 0 Å². The summed E-state index contributed by atoms with van der Waals surface area (Å²) >= 11 is 0. The molecule has 0 aliphatic heterocycles. The standard InChI is InChI=1S/C23H21FN6O.ClH/c1-14(2)30-15(3)26-13-20(30)21-19(24)12-27-23(29-21)28-18-6-4-16(5-7-18)22(31)17-8-10-25-11-9-17;/h4-14H,1-3H3,(H,27,28,29);1H. The van der Waals surface area contributed by atoms with Crippen LogP contribution in [-0.4, -0.2) is 30.3 Å². The maximum Gasteiger partial charge on any atom is 0.227 e. The van der Waals surface area contributed by atoms with Gasteiger partial charge in [-0.2, -0.15) is 0 Å². The number of rotatable bonds is 6. The van der Waals surface area contributed by atoms with Gasteiger partial charge < -0.3 is 9.88 Å². The first-order valence-corrected chi connectivity index (χ1v) is 9.82. The number of aryl methyl sites for hydroxylation is 1. The lowest BCUT2D eigenvalue weighted by Crippen LogP contribution is -2.08. The molecule has 0 fully saturated rings. The molecule has 7 nitrogen and oxygen atoms in total. The molecule has 0 aliphatic carbocycles. The number of aromatic nitrogens is 5. The zero-order valence-electron chi connectivity index (χ0n) is 17.8. The average Bonchev–Trinajstić information content (AvgIpc) is 3.17. The van der Waals surface area contributed by atoms with Crippen LogP contribution in [0.3, 0.4) is 0 Å². The summed E-state index contributed by atoms with van der Waals surface area (Å²) in [7, 11) is 0. The van der Waals surface area contributed by atoms with Gasteiger partial charge in [0.15, 0.2) is 11.6 Å². The van der Waals surface area contributed by atoms with E-state index in [1.54, 1.807) is 55.0 Å². The predicted octanol–water partition coefficient (Wildman–Crippen LogP) is 5.16. The lowest BCUT2D eigenvalue weighted by Gasteiger charge is -2.14. The monoisotopic (exact) mass is 452 g/mol. The van der Waals surface area contributed by atoms with Gasteiger partial charge in [-0.15, -0.1) is 12.4 Å². The third kappa shape index (κ3) is 4.65. The minimum absolute atomic E-state index is 0. The molecule has 3 aromatic heterocycles. The number of anilines is 2. The summed E-state index contributed by atoms with van der Waals surface area (Å²) in [6.07, 6.45) is 5.92. The molecule has 0 unspecified atom stereocenters. The quantitative estimate of drug-likeness (QED) is 0.407. The SMILES string of the molecule is Cc1ncc(-c2nc(Nc3ccc(C(=O)c4ccncc4)cc3)ncc2F)n1C(C)C.Cl. The van der Waals surface area contributed by atoms with E-state index >= 15 is 0 Å². The number of nitrogens with zero attached hydrogens (tertiary/aromatic N) is 5. The molecule has 32 heavy (non-hydrogen) atoms. The van der Waals surface area contributed by atoms with Crippen molar-refractivity contribution in [2.75, 3.05) is 5.32 Å². The highest BCUT2D eigenvalue weighted by atomic mass is 35.5. The highest BCUT2D eigenvalue weighted by molar-refractivity contribution is 6.09. The van der Waals surface area contributed by atoms with E-state index in [-0.39, 0.29) is 35.9 Å². The molecule has 3 heterocycles. The molecule has 0 saturated carbocycles. The molecule has 9 heteroatoms. The van der Waals surface area contributed by atoms with Gasteiger partial charge in [-0.05, 0) is 57.2 Å². The molecule has 0 amide bonds. The fraction of sp³-hybridized carbons (Fsp3) is 0.174. The minimum atomic E-state index is -0.523. The molecular weight excluding hydrogens is 431 g/mol. The topological polar surface area (TPSA) is 85.6 Å². The molecule has 4 aromatic rings. The van der Waals surface area contributed by atoms with Crippen LogP contribution in [0.15, 0.2) is 61.2 Å². The second kappa shape index (κ2) is 9.65. The Bertz CT molecular complexity index is 1230. The van der Waals surface area contributed by atoms with Crippen molar-refractivity contribution in [2.45, 2.75) is 26.8 Å². The molecular formula is C23H22ClFN6O. The number of halogens is 2. The van der Waals surface area contributed by atoms with Gasteiger partial charge in [0, 0.05) is 35.2 Å². The molecule has 0 radical (unpaired) electrons. The molecule has 164 valence electrons. The van der Waals surface area contributed by atoms with Crippen molar-refractivity contribution in [1.82, 2.24) is 24.5 Å². The van der Waals surface area contributed by atoms with Gasteiger partial charge in [0.05, 0.1) is 18.1 Å². The summed E-state index contributed by atoms with van der Waals surface area (Å²) in [5.41, 5.74) is 2.57. The Morgan fingerprint density at radius 1 is 1.00 bits per heavy atom. The van der Waals surface area contributed by atoms with E-state index in [1.807, 2.05) is 25.3 Å². The second-order valence-corrected chi connectivity index (χ2v) is 7.31. The molecule has 1 N–H and O–H groups in total. The summed E-state index contributed by atoms with van der Waals surface area (Å²) in [4.78, 5) is 29.2. The van der Waals surface area contributed by atoms with Gasteiger partial charge in [-0.3, -0.25) is 9.78 Å². The number of imidazole rings is 1. The first-order valence-electron chi connectivity index (χ1n) is 9.82. The Morgan fingerprint density at radius 2 is 1.66 bits per heavy atom. The average molecular weight is 453 g/mol. The summed E-state index contributed by atoms with van der Waals surface area (Å²) in [5, 5.41) is 3.06. The first-order chi connectivity index (χ1) is 14.9. The predicted molar refractivity (Wildman–Crippen MR) is 123 cm³/mol. The van der Waals surface area contributed by atoms with Gasteiger partial charge in [0.25, 0.3) is 0 Å². The number of carbonyl (C=O) groups is 1. The van der Waals surface area contributed by atoms with Gasteiger partial charge >= 0.3 is 0 Å². The van der Waals surface area contributed by atoms with Crippen molar-refractivity contribution in [1.29, 1.82) is 0 Å². The van der Waals surface area contributed by atoms with E-state index < -0.39 is 5.82 Å². The Labute approximate surface area is 191 Å². The van der Waals surface area contributed by atoms with Crippen molar-refractivity contribution in [3.63, 3.8) is 0 Å². The summed E-state index contributed by atoms with van der Waals surface area (Å²) in [5.74, 6) is 0.419. The maximum atomic E-state index is 14.5. The molecule has 1 aromatic carbocycles. The molecule has 0 atom stereocenters. The van der Waals surface area contributed by atoms with Crippen LogP contribution in [0.25, 0.3) is 11.4 Å².